The lowest BCUT2D eigenvalue weighted by Gasteiger charge is -2.31. The van der Waals surface area contributed by atoms with Crippen LogP contribution in [0.2, 0.25) is 0 Å². The highest BCUT2D eigenvalue weighted by molar-refractivity contribution is 6.22. The Morgan fingerprint density at radius 3 is 2.11 bits per heavy atom. The lowest BCUT2D eigenvalue weighted by molar-refractivity contribution is -0.880. The number of imide groups is 1. The van der Waals surface area contributed by atoms with E-state index in [1.165, 1.54) is 4.90 Å². The zero-order valence-corrected chi connectivity index (χ0v) is 15.8. The van der Waals surface area contributed by atoms with Crippen LogP contribution < -0.4 is 15.1 Å². The van der Waals surface area contributed by atoms with E-state index in [1.54, 1.807) is 24.3 Å². The molecule has 0 saturated carbocycles. The van der Waals surface area contributed by atoms with Crippen molar-refractivity contribution in [3.8, 4) is 0 Å². The molecule has 0 aromatic heterocycles. The summed E-state index contributed by atoms with van der Waals surface area (Å²) in [6.07, 6.45) is 0. The topological polar surface area (TPSA) is 74.2 Å². The minimum absolute atomic E-state index is 0.296. The summed E-state index contributed by atoms with van der Waals surface area (Å²) in [7, 11) is 2.20. The number of anilines is 2. The first-order valence-electron chi connectivity index (χ1n) is 9.44. The van der Waals surface area contributed by atoms with Gasteiger partial charge in [0.15, 0.2) is 0 Å². The van der Waals surface area contributed by atoms with E-state index in [2.05, 4.69) is 17.3 Å². The van der Waals surface area contributed by atoms with Gasteiger partial charge in [-0.1, -0.05) is 12.1 Å². The molecule has 3 amide bonds. The number of hydrogen-bond donors (Lipinski definition) is 2. The molecule has 2 aromatic carbocycles. The van der Waals surface area contributed by atoms with Gasteiger partial charge in [0.1, 0.15) is 6.54 Å². The van der Waals surface area contributed by atoms with Crippen LogP contribution >= 0.6 is 0 Å². The van der Waals surface area contributed by atoms with Crippen LogP contribution in [0.5, 0.6) is 0 Å². The van der Waals surface area contributed by atoms with Crippen LogP contribution in [0.1, 0.15) is 20.7 Å². The zero-order valence-electron chi connectivity index (χ0n) is 15.8. The molecule has 2 aliphatic heterocycles. The van der Waals surface area contributed by atoms with Crippen molar-refractivity contribution in [3.63, 3.8) is 0 Å². The van der Waals surface area contributed by atoms with E-state index in [0.29, 0.717) is 16.8 Å². The third-order valence-electron chi connectivity index (χ3n) is 5.31. The predicted molar refractivity (Wildman–Crippen MR) is 106 cm³/mol. The van der Waals surface area contributed by atoms with Gasteiger partial charge >= 0.3 is 0 Å². The molecule has 0 radical (unpaired) electrons. The average Bonchev–Trinajstić information content (AvgIpc) is 2.94. The summed E-state index contributed by atoms with van der Waals surface area (Å²) in [5, 5.41) is 2.77. The van der Waals surface area contributed by atoms with Crippen molar-refractivity contribution in [2.24, 2.45) is 0 Å². The fourth-order valence-corrected chi connectivity index (χ4v) is 3.63. The predicted octanol–water partition coefficient (Wildman–Crippen LogP) is 0.256. The van der Waals surface area contributed by atoms with E-state index in [0.717, 1.165) is 36.8 Å². The maximum atomic E-state index is 12.4. The number of piperazine rings is 1. The summed E-state index contributed by atoms with van der Waals surface area (Å²) in [6, 6.07) is 14.3. The van der Waals surface area contributed by atoms with E-state index in [-0.39, 0.29) is 6.54 Å². The highest BCUT2D eigenvalue weighted by atomic mass is 16.2. The Morgan fingerprint density at radius 2 is 1.54 bits per heavy atom. The van der Waals surface area contributed by atoms with E-state index >= 15 is 0 Å². The van der Waals surface area contributed by atoms with Gasteiger partial charge < -0.3 is 15.1 Å². The molecule has 1 saturated heterocycles. The third kappa shape index (κ3) is 3.48. The number of quaternary nitrogens is 1. The smallest absolute Gasteiger partial charge is 0.262 e. The van der Waals surface area contributed by atoms with Crippen LogP contribution in [0, 0.1) is 0 Å². The fourth-order valence-electron chi connectivity index (χ4n) is 3.63. The molecule has 4 rings (SSSR count). The molecule has 2 heterocycles. The Morgan fingerprint density at radius 1 is 0.964 bits per heavy atom. The van der Waals surface area contributed by atoms with Crippen molar-refractivity contribution < 1.29 is 19.3 Å². The maximum absolute atomic E-state index is 12.4. The summed E-state index contributed by atoms with van der Waals surface area (Å²) in [5.74, 6) is -1.25. The van der Waals surface area contributed by atoms with Crippen molar-refractivity contribution >= 4 is 29.1 Å². The summed E-state index contributed by atoms with van der Waals surface area (Å²) in [5.41, 5.74) is 2.47. The molecule has 2 N–H and O–H groups in total. The maximum Gasteiger partial charge on any atom is 0.262 e. The lowest BCUT2D eigenvalue weighted by Crippen LogP contribution is -3.12. The van der Waals surface area contributed by atoms with Gasteiger partial charge in [0.2, 0.25) is 5.91 Å². The second-order valence-corrected chi connectivity index (χ2v) is 7.28. The number of likely N-dealkylation sites (N-methyl/N-ethyl adjacent to an activating group) is 1. The van der Waals surface area contributed by atoms with Crippen molar-refractivity contribution in [1.82, 2.24) is 4.90 Å². The Kier molecular flexibility index (Phi) is 4.83. The summed E-state index contributed by atoms with van der Waals surface area (Å²) in [4.78, 5) is 41.9. The molecule has 0 aliphatic carbocycles. The molecular weight excluding hydrogens is 356 g/mol. The Balaban J connectivity index is 1.37. The van der Waals surface area contributed by atoms with Gasteiger partial charge in [0.25, 0.3) is 11.8 Å². The van der Waals surface area contributed by atoms with Gasteiger partial charge in [0, 0.05) is 11.4 Å². The largest absolute Gasteiger partial charge is 0.360 e. The Hall–Kier alpha value is -3.19. The second kappa shape index (κ2) is 7.44. The van der Waals surface area contributed by atoms with Crippen molar-refractivity contribution in [2.75, 3.05) is 50.0 Å². The molecule has 2 aromatic rings. The number of nitrogens with zero attached hydrogens (tertiary/aromatic N) is 2. The van der Waals surface area contributed by atoms with Gasteiger partial charge in [-0.05, 0) is 36.4 Å². The van der Waals surface area contributed by atoms with Crippen LogP contribution in [0.25, 0.3) is 0 Å². The van der Waals surface area contributed by atoms with Gasteiger partial charge in [-0.3, -0.25) is 19.3 Å². The monoisotopic (exact) mass is 379 g/mol. The van der Waals surface area contributed by atoms with E-state index in [9.17, 15) is 14.4 Å². The van der Waals surface area contributed by atoms with Crippen molar-refractivity contribution in [2.45, 2.75) is 0 Å². The minimum Gasteiger partial charge on any atom is -0.360 e. The number of hydrogen-bond acceptors (Lipinski definition) is 4. The first kappa shape index (κ1) is 18.2. The molecule has 0 spiro atoms. The van der Waals surface area contributed by atoms with E-state index in [4.69, 9.17) is 0 Å². The van der Waals surface area contributed by atoms with Crippen LogP contribution in [0.15, 0.2) is 48.5 Å². The molecule has 144 valence electrons. The second-order valence-electron chi connectivity index (χ2n) is 7.28. The number of carbonyl (C=O) groups excluding carboxylic acids is 3. The van der Waals surface area contributed by atoms with Crippen LogP contribution in [0.3, 0.4) is 0 Å². The van der Waals surface area contributed by atoms with Gasteiger partial charge in [0.05, 0.1) is 44.4 Å². The molecule has 2 aliphatic rings. The van der Waals surface area contributed by atoms with Crippen LogP contribution in [-0.4, -0.2) is 62.4 Å². The Labute approximate surface area is 163 Å². The van der Waals surface area contributed by atoms with Crippen molar-refractivity contribution in [1.29, 1.82) is 0 Å². The standard InChI is InChI=1S/C21H22N4O3/c1-23-10-12-24(13-11-23)16-8-6-15(7-9-16)22-19(26)14-25-20(27)17-4-2-3-5-18(17)21(25)28/h2-9H,10-14H2,1H3,(H,22,26)/p+1. The fraction of sp³-hybridized carbons (Fsp3) is 0.286. The van der Waals surface area contributed by atoms with Crippen LogP contribution in [0.4, 0.5) is 11.4 Å². The highest BCUT2D eigenvalue weighted by Crippen LogP contribution is 2.22. The number of carbonyl (C=O) groups is 3. The van der Waals surface area contributed by atoms with Crippen LogP contribution in [-0.2, 0) is 4.79 Å². The zero-order chi connectivity index (χ0) is 19.7. The molecule has 0 atom stereocenters. The quantitative estimate of drug-likeness (QED) is 0.748. The summed E-state index contributed by atoms with van der Waals surface area (Å²) in [6.45, 7) is 3.95. The molecule has 28 heavy (non-hydrogen) atoms. The van der Waals surface area contributed by atoms with Crippen molar-refractivity contribution in [3.05, 3.63) is 59.7 Å². The first-order chi connectivity index (χ1) is 13.5. The molecular formula is C21H23N4O3+. The number of fused-ring (bicyclic) bond motifs is 1. The molecule has 0 bridgehead atoms. The Bertz CT molecular complexity index is 883. The van der Waals surface area contributed by atoms with E-state index in [1.807, 2.05) is 24.3 Å². The molecule has 7 heteroatoms. The number of amides is 3. The first-order valence-corrected chi connectivity index (χ1v) is 9.44. The molecule has 0 unspecified atom stereocenters. The highest BCUT2D eigenvalue weighted by Gasteiger charge is 2.36. The van der Waals surface area contributed by atoms with Gasteiger partial charge in [-0.15, -0.1) is 0 Å². The SMILES string of the molecule is C[NH+]1CCN(c2ccc(NC(=O)CN3C(=O)c4ccccc4C3=O)cc2)CC1. The van der Waals surface area contributed by atoms with E-state index < -0.39 is 17.7 Å². The number of rotatable bonds is 4. The average molecular weight is 379 g/mol. The molecule has 1 fully saturated rings. The lowest BCUT2D eigenvalue weighted by atomic mass is 10.1. The van der Waals surface area contributed by atoms with Gasteiger partial charge in [-0.25, -0.2) is 0 Å². The minimum atomic E-state index is -0.428. The summed E-state index contributed by atoms with van der Waals surface area (Å²) >= 11 is 0. The third-order valence-corrected chi connectivity index (χ3v) is 5.31. The number of benzene rings is 2. The normalized spacial score (nSPS) is 17.0. The molecule has 7 nitrogen and oxygen atoms in total. The number of nitrogens with one attached hydrogen (secondary N) is 2. The summed E-state index contributed by atoms with van der Waals surface area (Å²) < 4.78 is 0. The van der Waals surface area contributed by atoms with Gasteiger partial charge in [-0.2, -0.15) is 0 Å².